The number of nitro benzene ring substituents is 1. The number of aryl methyl sites for hydroxylation is 1. The molecule has 12 heteroatoms. The van der Waals surface area contributed by atoms with Crippen molar-refractivity contribution in [1.82, 2.24) is 10.2 Å². The van der Waals surface area contributed by atoms with Crippen molar-refractivity contribution in [2.24, 2.45) is 0 Å². The van der Waals surface area contributed by atoms with Crippen molar-refractivity contribution in [1.29, 1.82) is 0 Å². The van der Waals surface area contributed by atoms with Crippen LogP contribution in [0.3, 0.4) is 0 Å². The Bertz CT molecular complexity index is 2300. The first kappa shape index (κ1) is 32.7. The fourth-order valence-corrected chi connectivity index (χ4v) is 7.74. The van der Waals surface area contributed by atoms with Crippen LogP contribution in [0.25, 0.3) is 16.5 Å². The Morgan fingerprint density at radius 3 is 2.44 bits per heavy atom. The molecule has 1 N–H and O–H groups in total. The molecule has 7 rings (SSSR count). The van der Waals surface area contributed by atoms with E-state index in [0.717, 1.165) is 43.7 Å². The van der Waals surface area contributed by atoms with Crippen LogP contribution >= 0.6 is 23.1 Å². The lowest BCUT2D eigenvalue weighted by molar-refractivity contribution is -0.384. The molecule has 1 aromatic heterocycles. The normalized spacial score (nSPS) is 15.5. The molecule has 1 saturated heterocycles. The number of benzene rings is 5. The van der Waals surface area contributed by atoms with Crippen molar-refractivity contribution in [3.05, 3.63) is 159 Å². The Labute approximate surface area is 294 Å². The van der Waals surface area contributed by atoms with Gasteiger partial charge in [0.05, 0.1) is 16.5 Å². The van der Waals surface area contributed by atoms with Gasteiger partial charge in [-0.15, -0.1) is 10.2 Å². The molecule has 0 radical (unpaired) electrons. The number of Topliss-reactive ketones (excluding diaryl/α,β-unsaturated/α-hetero) is 1. The molecule has 1 amide bonds. The smallest absolute Gasteiger partial charge is 0.301 e. The molecule has 1 atom stereocenters. The maximum absolute atomic E-state index is 13.7. The van der Waals surface area contributed by atoms with Crippen LogP contribution in [0.5, 0.6) is 5.75 Å². The van der Waals surface area contributed by atoms with E-state index in [1.54, 1.807) is 30.3 Å². The molecule has 50 heavy (non-hydrogen) atoms. The second-order valence-electron chi connectivity index (χ2n) is 11.5. The summed E-state index contributed by atoms with van der Waals surface area (Å²) in [6, 6.07) is 33.0. The minimum Gasteiger partial charge on any atom is -0.507 e. The summed E-state index contributed by atoms with van der Waals surface area (Å²) >= 11 is 2.57. The third-order valence-electron chi connectivity index (χ3n) is 8.46. The number of carbonyl (C=O) groups is 2. The third-order valence-corrected chi connectivity index (χ3v) is 10.6. The number of fused-ring (bicyclic) bond motifs is 1. The van der Waals surface area contributed by atoms with E-state index in [-0.39, 0.29) is 27.5 Å². The largest absolute Gasteiger partial charge is 0.507 e. The molecule has 1 fully saturated rings. The number of hydrogen-bond donors (Lipinski definition) is 1. The minimum absolute atomic E-state index is 0.128. The van der Waals surface area contributed by atoms with Crippen LogP contribution < -0.4 is 9.64 Å². The van der Waals surface area contributed by atoms with Gasteiger partial charge in [-0.05, 0) is 64.2 Å². The number of ketones is 1. The van der Waals surface area contributed by atoms with Crippen molar-refractivity contribution in [2.75, 3.05) is 4.90 Å². The number of thioether (sulfide) groups is 1. The van der Waals surface area contributed by atoms with E-state index in [9.17, 15) is 24.8 Å². The van der Waals surface area contributed by atoms with Gasteiger partial charge in [-0.1, -0.05) is 102 Å². The molecule has 0 bridgehead atoms. The lowest BCUT2D eigenvalue weighted by Crippen LogP contribution is -2.29. The number of non-ortho nitro benzene ring substituents is 1. The van der Waals surface area contributed by atoms with Gasteiger partial charge < -0.3 is 9.84 Å². The summed E-state index contributed by atoms with van der Waals surface area (Å²) in [7, 11) is 0. The van der Waals surface area contributed by atoms with E-state index < -0.39 is 28.4 Å². The SMILES string of the molecule is Cc1ccccc1COc1ccc(C(O)=C2C(=O)C(=O)N(c3nnc(SCc4cccc5ccccc45)s3)C2c2cccc([N+](=O)[O-])c2)cc1. The molecular weight excluding hydrogens is 673 g/mol. The van der Waals surface area contributed by atoms with Crippen molar-refractivity contribution in [3.8, 4) is 5.75 Å². The molecule has 248 valence electrons. The van der Waals surface area contributed by atoms with Crippen molar-refractivity contribution in [3.63, 3.8) is 0 Å². The number of nitrogens with zero attached hydrogens (tertiary/aromatic N) is 4. The van der Waals surface area contributed by atoms with Crippen molar-refractivity contribution in [2.45, 2.75) is 29.7 Å². The maximum atomic E-state index is 13.7. The van der Waals surface area contributed by atoms with Crippen molar-refractivity contribution >= 4 is 62.1 Å². The molecule has 1 aliphatic rings. The molecule has 1 aliphatic heterocycles. The molecule has 0 saturated carbocycles. The predicted octanol–water partition coefficient (Wildman–Crippen LogP) is 8.41. The summed E-state index contributed by atoms with van der Waals surface area (Å²) in [5.41, 5.74) is 3.31. The molecule has 0 aliphatic carbocycles. The molecule has 1 unspecified atom stereocenters. The number of aliphatic hydroxyl groups is 1. The van der Waals surface area contributed by atoms with Crippen LogP contribution in [-0.4, -0.2) is 31.9 Å². The van der Waals surface area contributed by atoms with E-state index in [0.29, 0.717) is 22.4 Å². The van der Waals surface area contributed by atoms with Gasteiger partial charge in [0, 0.05) is 23.4 Å². The number of aromatic nitrogens is 2. The van der Waals surface area contributed by atoms with Crippen LogP contribution in [0, 0.1) is 17.0 Å². The van der Waals surface area contributed by atoms with E-state index in [4.69, 9.17) is 4.74 Å². The molecule has 0 spiro atoms. The highest BCUT2D eigenvalue weighted by Crippen LogP contribution is 2.45. The number of hydrogen-bond acceptors (Lipinski definition) is 10. The lowest BCUT2D eigenvalue weighted by atomic mass is 9.95. The van der Waals surface area contributed by atoms with E-state index in [1.807, 2.05) is 67.6 Å². The summed E-state index contributed by atoms with van der Waals surface area (Å²) < 4.78 is 6.50. The molecule has 2 heterocycles. The fourth-order valence-electron chi connectivity index (χ4n) is 5.87. The summed E-state index contributed by atoms with van der Waals surface area (Å²) in [5.74, 6) is -1.17. The average Bonchev–Trinajstić information content (AvgIpc) is 3.71. The second-order valence-corrected chi connectivity index (χ2v) is 13.7. The van der Waals surface area contributed by atoms with Gasteiger partial charge in [0.15, 0.2) is 4.34 Å². The number of nitro groups is 1. The third kappa shape index (κ3) is 6.46. The van der Waals surface area contributed by atoms with Crippen LogP contribution in [0.2, 0.25) is 0 Å². The van der Waals surface area contributed by atoms with Gasteiger partial charge in [0.2, 0.25) is 5.13 Å². The first-order valence-electron chi connectivity index (χ1n) is 15.5. The first-order valence-corrected chi connectivity index (χ1v) is 17.3. The molecule has 6 aromatic rings. The topological polar surface area (TPSA) is 136 Å². The van der Waals surface area contributed by atoms with E-state index in [1.165, 1.54) is 30.0 Å². The Morgan fingerprint density at radius 1 is 0.920 bits per heavy atom. The van der Waals surface area contributed by atoms with E-state index >= 15 is 0 Å². The Balaban J connectivity index is 1.21. The number of amides is 1. The quantitative estimate of drug-likeness (QED) is 0.0284. The maximum Gasteiger partial charge on any atom is 0.301 e. The number of anilines is 1. The number of carbonyl (C=O) groups excluding carboxylic acids is 2. The van der Waals surface area contributed by atoms with Crippen LogP contribution in [0.1, 0.15) is 33.9 Å². The lowest BCUT2D eigenvalue weighted by Gasteiger charge is -2.22. The minimum atomic E-state index is -1.20. The van der Waals surface area contributed by atoms with Gasteiger partial charge in [-0.25, -0.2) is 0 Å². The Hall–Kier alpha value is -5.85. The van der Waals surface area contributed by atoms with Gasteiger partial charge >= 0.3 is 5.91 Å². The monoisotopic (exact) mass is 700 g/mol. The van der Waals surface area contributed by atoms with Crippen LogP contribution in [-0.2, 0) is 21.9 Å². The van der Waals surface area contributed by atoms with E-state index in [2.05, 4.69) is 16.3 Å². The second kappa shape index (κ2) is 13.9. The summed E-state index contributed by atoms with van der Waals surface area (Å²) in [6.07, 6.45) is 0. The summed E-state index contributed by atoms with van der Waals surface area (Å²) in [4.78, 5) is 39.7. The number of aliphatic hydroxyl groups excluding tert-OH is 1. The predicted molar refractivity (Wildman–Crippen MR) is 193 cm³/mol. The molecule has 10 nitrogen and oxygen atoms in total. The zero-order valence-electron chi connectivity index (χ0n) is 26.6. The number of rotatable bonds is 10. The van der Waals surface area contributed by atoms with Crippen LogP contribution in [0.4, 0.5) is 10.8 Å². The zero-order valence-corrected chi connectivity index (χ0v) is 28.2. The first-order chi connectivity index (χ1) is 24.3. The highest BCUT2D eigenvalue weighted by atomic mass is 32.2. The van der Waals surface area contributed by atoms with Gasteiger partial charge in [0.25, 0.3) is 11.5 Å². The van der Waals surface area contributed by atoms with Crippen molar-refractivity contribution < 1.29 is 24.4 Å². The number of ether oxygens (including phenoxy) is 1. The van der Waals surface area contributed by atoms with Gasteiger partial charge in [-0.3, -0.25) is 24.6 Å². The summed E-state index contributed by atoms with van der Waals surface area (Å²) in [5, 5.41) is 34.2. The highest BCUT2D eigenvalue weighted by Gasteiger charge is 2.48. The summed E-state index contributed by atoms with van der Waals surface area (Å²) in [6.45, 7) is 2.35. The standard InChI is InChI=1S/C38H28N4O6S2/c1-23-8-2-3-10-27(23)21-48-30-18-16-25(17-19-30)34(43)32-33(26-12-7-14-29(20-26)42(46)47)41(36(45)35(32)44)37-39-40-38(50-37)49-22-28-13-6-11-24-9-4-5-15-31(24)28/h2-20,33,43H,21-22H2,1H3. The molecule has 5 aromatic carbocycles. The average molecular weight is 701 g/mol. The highest BCUT2D eigenvalue weighted by molar-refractivity contribution is 8.00. The van der Waals surface area contributed by atoms with Gasteiger partial charge in [-0.2, -0.15) is 0 Å². The van der Waals surface area contributed by atoms with Crippen LogP contribution in [0.15, 0.2) is 125 Å². The fraction of sp³-hybridized carbons (Fsp3) is 0.105. The Morgan fingerprint density at radius 2 is 1.64 bits per heavy atom. The van der Waals surface area contributed by atoms with Gasteiger partial charge in [0.1, 0.15) is 18.1 Å². The zero-order chi connectivity index (χ0) is 34.8. The Kier molecular flexibility index (Phi) is 9.11. The molecular formula is C38H28N4O6S2.